The quantitative estimate of drug-likeness (QED) is 0.0195. The van der Waals surface area contributed by atoms with Crippen LogP contribution in [0.15, 0.2) is 213 Å². The molecule has 6 aromatic rings. The van der Waals surface area contributed by atoms with Crippen LogP contribution in [-0.2, 0) is 0 Å². The predicted octanol–water partition coefficient (Wildman–Crippen LogP) is 2.38. The molecule has 22 heteroatoms. The molecule has 0 aliphatic rings. The topological polar surface area (TPSA) is 368 Å². The molecule has 0 atom stereocenters. The second-order valence-electron chi connectivity index (χ2n) is 13.0. The third kappa shape index (κ3) is 32.8. The number of carbonyl (C=O) groups is 2. The minimum atomic E-state index is -0.762. The van der Waals surface area contributed by atoms with E-state index in [9.17, 15) is 40.2 Å². The monoisotopic (exact) mass is 1320 g/mol. The van der Waals surface area contributed by atoms with Gasteiger partial charge in [-0.3, -0.25) is 9.59 Å². The van der Waals surface area contributed by atoms with Crippen LogP contribution < -0.4 is 30.6 Å². The van der Waals surface area contributed by atoms with E-state index in [-0.39, 0.29) is 145 Å². The van der Waals surface area contributed by atoms with Crippen molar-refractivity contribution in [3.63, 3.8) is 0 Å². The first kappa shape index (κ1) is 76.1. The van der Waals surface area contributed by atoms with E-state index in [1.165, 1.54) is 38.4 Å². The molecule has 0 amide bonds. The van der Waals surface area contributed by atoms with Crippen LogP contribution in [0.4, 0.5) is 0 Å². The van der Waals surface area contributed by atoms with E-state index in [4.69, 9.17) is 30.8 Å². The summed E-state index contributed by atoms with van der Waals surface area (Å²) in [6, 6.07) is 47.4. The van der Waals surface area contributed by atoms with Crippen LogP contribution in [0.25, 0.3) is 11.5 Å². The third-order valence-electron chi connectivity index (χ3n) is 8.21. The molecule has 76 heavy (non-hydrogen) atoms. The minimum absolute atomic E-state index is 0. The molecule has 0 aliphatic heterocycles. The Bertz CT molecular complexity index is 2560. The van der Waals surface area contributed by atoms with Gasteiger partial charge in [0, 0.05) is 51.4 Å². The molecule has 400 valence electrons. The Balaban J connectivity index is -0.000000431. The average molecular weight is 1320 g/mol. The molecule has 0 aliphatic carbocycles. The van der Waals surface area contributed by atoms with Crippen molar-refractivity contribution in [2.45, 2.75) is 13.8 Å². The Kier molecular flexibility index (Phi) is 49.5. The van der Waals surface area contributed by atoms with E-state index in [0.29, 0.717) is 33.4 Å². The molecular weight excluding hydrogens is 1260 g/mol. The van der Waals surface area contributed by atoms with Gasteiger partial charge in [-0.15, -0.1) is 0 Å². The first-order chi connectivity index (χ1) is 35.8. The summed E-state index contributed by atoms with van der Waals surface area (Å²) in [7, 11) is 4.00. The number of aliphatic hydroxyl groups excluding tert-OH is 4. The number of carbonyl (C=O) groups excluding carboxylic acids is 2. The summed E-state index contributed by atoms with van der Waals surface area (Å²) in [5, 5.41) is 131. The third-order valence-corrected chi connectivity index (χ3v) is 8.21. The Labute approximate surface area is 522 Å². The Morgan fingerprint density at radius 2 is 0.632 bits per heavy atom. The van der Waals surface area contributed by atoms with Gasteiger partial charge in [-0.1, -0.05) is 203 Å². The van der Waals surface area contributed by atoms with Crippen molar-refractivity contribution in [2.75, 3.05) is 28.4 Å². The molecule has 0 saturated carbocycles. The van der Waals surface area contributed by atoms with Gasteiger partial charge in [-0.2, -0.15) is 20.4 Å². The van der Waals surface area contributed by atoms with Gasteiger partial charge in [0.1, 0.15) is 0 Å². The summed E-state index contributed by atoms with van der Waals surface area (Å²) >= 11 is 0. The van der Waals surface area contributed by atoms with Gasteiger partial charge in [0.05, 0.1) is 23.9 Å². The molecule has 0 unspecified atom stereocenters. The summed E-state index contributed by atoms with van der Waals surface area (Å²) in [6.45, 7) is 2.59. The molecular formula is C54H56Eu2N6O14. The van der Waals surface area contributed by atoms with Crippen molar-refractivity contribution >= 4 is 58.7 Å². The van der Waals surface area contributed by atoms with E-state index in [1.54, 1.807) is 133 Å². The summed E-state index contributed by atoms with van der Waals surface area (Å²) in [6.07, 6.45) is 4.60. The first-order valence-electron chi connectivity index (χ1n) is 21.2. The van der Waals surface area contributed by atoms with Gasteiger partial charge < -0.3 is 61.5 Å². The average Bonchev–Trinajstić information content (AvgIpc) is 3.47. The summed E-state index contributed by atoms with van der Waals surface area (Å²) < 4.78 is 0. The van der Waals surface area contributed by atoms with E-state index in [2.05, 4.69) is 30.7 Å². The molecule has 0 spiro atoms. The SMILES string of the molecule is CC(=N\O)/C([O-])=N/N=C/c1ccccc1[O-].CC(=N\O)/C([O-])=N/N=C/c1ccccc1[O-].CO.CO.CO.CO.O=C(/C=C(\[O-])c1ccccc1)c1ccccc1.O=C(/C=C(\[O-])c1ccccc1)c1ccccc1.[Eu+3].[Eu+3]. The standard InChI is InChI=1S/2C15H12O2.2C10H11N3O3.4CH4O.2Eu/c2*16-14(12-7-3-1-4-8-12)11-15(17)13-9-5-2-6-10-13;2*1-7(13-16)10(15)12-11-6-8-4-2-3-5-9(8)14;4*1-2;;/h2*1-11,16H;2*2-6,14,16H,1H3,(H,12,15);4*2H,1H3;;/q;;;;;;;;2*+3/p-6/b2*14-11-;2*11-6+,13-7+;;;;;;. The number of para-hydroxylation sites is 2. The number of hydrogen-bond acceptors (Lipinski definition) is 20. The fourth-order valence-corrected chi connectivity index (χ4v) is 4.67. The van der Waals surface area contributed by atoms with Gasteiger partial charge in [0.25, 0.3) is 0 Å². The number of rotatable bonds is 12. The molecule has 0 bridgehead atoms. The molecule has 0 radical (unpaired) electrons. The van der Waals surface area contributed by atoms with Gasteiger partial charge >= 0.3 is 98.8 Å². The molecule has 20 nitrogen and oxygen atoms in total. The number of aliphatic hydroxyl groups is 4. The largest absolute Gasteiger partial charge is 3.00 e. The maximum Gasteiger partial charge on any atom is 3.00 e. The van der Waals surface area contributed by atoms with Crippen molar-refractivity contribution in [2.24, 2.45) is 30.7 Å². The number of nitrogens with zero attached hydrogens (tertiary/aromatic N) is 6. The van der Waals surface area contributed by atoms with Crippen molar-refractivity contribution in [3.8, 4) is 11.5 Å². The maximum absolute atomic E-state index is 11.8. The zero-order chi connectivity index (χ0) is 56.1. The van der Waals surface area contributed by atoms with Crippen LogP contribution in [0.3, 0.4) is 0 Å². The summed E-state index contributed by atoms with van der Waals surface area (Å²) in [5.41, 5.74) is 2.41. The number of allylic oxidation sites excluding steroid dienone is 2. The molecule has 6 N–H and O–H groups in total. The fraction of sp³-hybridized carbons (Fsp3) is 0.111. The Morgan fingerprint density at radius 1 is 0.395 bits per heavy atom. The predicted molar refractivity (Wildman–Crippen MR) is 275 cm³/mol. The van der Waals surface area contributed by atoms with Crippen molar-refractivity contribution < 1.29 is 170 Å². The molecule has 0 saturated heterocycles. The van der Waals surface area contributed by atoms with Gasteiger partial charge in [0.15, 0.2) is 11.6 Å². The van der Waals surface area contributed by atoms with E-state index in [1.807, 2.05) is 24.3 Å². The zero-order valence-electron chi connectivity index (χ0n) is 41.9. The molecule has 0 aromatic heterocycles. The van der Waals surface area contributed by atoms with Crippen LogP contribution >= 0.6 is 0 Å². The van der Waals surface area contributed by atoms with E-state index in [0.717, 1.165) is 40.6 Å². The number of benzene rings is 6. The zero-order valence-corrected chi connectivity index (χ0v) is 46.7. The van der Waals surface area contributed by atoms with Gasteiger partial charge in [0.2, 0.25) is 0 Å². The fourth-order valence-electron chi connectivity index (χ4n) is 4.67. The summed E-state index contributed by atoms with van der Waals surface area (Å²) in [5.74, 6) is -3.00. The van der Waals surface area contributed by atoms with Crippen molar-refractivity contribution in [1.29, 1.82) is 0 Å². The summed E-state index contributed by atoms with van der Waals surface area (Å²) in [4.78, 5) is 23.5. The normalized spacial score (nSPS) is 10.9. The number of ketones is 2. The molecule has 6 aromatic carbocycles. The molecule has 0 heterocycles. The number of hydrogen-bond donors (Lipinski definition) is 6. The Morgan fingerprint density at radius 3 is 0.882 bits per heavy atom. The first-order valence-corrected chi connectivity index (χ1v) is 21.2. The molecule has 6 rings (SSSR count). The van der Waals surface area contributed by atoms with E-state index < -0.39 is 11.8 Å². The Hall–Kier alpha value is -6.43. The van der Waals surface area contributed by atoms with Crippen LogP contribution in [0.2, 0.25) is 0 Å². The second-order valence-corrected chi connectivity index (χ2v) is 13.0. The maximum atomic E-state index is 11.8. The molecule has 0 fully saturated rings. The van der Waals surface area contributed by atoms with Crippen molar-refractivity contribution in [3.05, 3.63) is 215 Å². The smallest absolute Gasteiger partial charge is 0.872 e. The van der Waals surface area contributed by atoms with Crippen LogP contribution in [0.1, 0.15) is 56.8 Å². The van der Waals surface area contributed by atoms with Gasteiger partial charge in [-0.25, -0.2) is 0 Å². The minimum Gasteiger partial charge on any atom is -0.872 e. The van der Waals surface area contributed by atoms with Crippen LogP contribution in [0.5, 0.6) is 11.5 Å². The van der Waals surface area contributed by atoms with Crippen LogP contribution in [0, 0.1) is 98.8 Å². The van der Waals surface area contributed by atoms with Crippen molar-refractivity contribution in [1.82, 2.24) is 0 Å². The van der Waals surface area contributed by atoms with Gasteiger partial charge in [-0.05, 0) is 48.3 Å². The number of oxime groups is 2. The van der Waals surface area contributed by atoms with Crippen LogP contribution in [-0.4, -0.2) is 106 Å². The second kappa shape index (κ2) is 49.4. The van der Waals surface area contributed by atoms with E-state index >= 15 is 0 Å².